The number of carbonyl (C=O) groups is 3. The highest BCUT2D eigenvalue weighted by molar-refractivity contribution is 6.01. The molecule has 14 heteroatoms. The molecule has 5 heterocycles. The van der Waals surface area contributed by atoms with Crippen LogP contribution in [-0.2, 0) is 11.3 Å². The highest BCUT2D eigenvalue weighted by atomic mass is 19.1. The molecule has 1 saturated carbocycles. The van der Waals surface area contributed by atoms with E-state index in [0.29, 0.717) is 53.4 Å². The van der Waals surface area contributed by atoms with E-state index in [1.807, 2.05) is 30.3 Å². The zero-order valence-corrected chi connectivity index (χ0v) is 35.9. The van der Waals surface area contributed by atoms with Crippen LogP contribution in [-0.4, -0.2) is 108 Å². The van der Waals surface area contributed by atoms with Gasteiger partial charge in [-0.2, -0.15) is 5.26 Å². The fourth-order valence-electron chi connectivity index (χ4n) is 11.2. The van der Waals surface area contributed by atoms with Gasteiger partial charge in [-0.25, -0.2) is 4.39 Å². The predicted molar refractivity (Wildman–Crippen MR) is 233 cm³/mol. The molecule has 3 aromatic carbocycles. The molecule has 1 aliphatic carbocycles. The number of hydrogen-bond donors (Lipinski definition) is 3. The predicted octanol–water partition coefficient (Wildman–Crippen LogP) is 5.45. The molecular formula is C48H55FN8O5. The number of hydrogen-bond acceptors (Lipinski definition) is 10. The number of carbonyl (C=O) groups excluding carboxylic acids is 3. The number of nitrogens with zero attached hydrogens (tertiary/aromatic N) is 6. The van der Waals surface area contributed by atoms with Crippen LogP contribution in [0.15, 0.2) is 66.9 Å². The molecule has 1 aromatic heterocycles. The van der Waals surface area contributed by atoms with Gasteiger partial charge in [0.05, 0.1) is 16.8 Å². The van der Waals surface area contributed by atoms with Gasteiger partial charge in [0.15, 0.2) is 0 Å². The maximum absolute atomic E-state index is 15.8. The van der Waals surface area contributed by atoms with E-state index in [1.165, 1.54) is 6.07 Å². The Kier molecular flexibility index (Phi) is 10.8. The molecule has 0 radical (unpaired) electrons. The summed E-state index contributed by atoms with van der Waals surface area (Å²) in [6.45, 7) is 14.8. The van der Waals surface area contributed by atoms with E-state index in [4.69, 9.17) is 4.74 Å². The fourth-order valence-corrected chi connectivity index (χ4v) is 11.2. The molecule has 2 unspecified atom stereocenters. The van der Waals surface area contributed by atoms with Crippen LogP contribution in [0.3, 0.4) is 0 Å². The van der Waals surface area contributed by atoms with Crippen LogP contribution >= 0.6 is 0 Å². The monoisotopic (exact) mass is 842 g/mol. The summed E-state index contributed by atoms with van der Waals surface area (Å²) in [7, 11) is 0. The number of fused-ring (bicyclic) bond motifs is 2. The Labute approximate surface area is 361 Å². The van der Waals surface area contributed by atoms with Crippen LogP contribution in [0.25, 0.3) is 10.9 Å². The summed E-state index contributed by atoms with van der Waals surface area (Å²) in [5.41, 5.74) is 3.65. The molecule has 3 amide bonds. The van der Waals surface area contributed by atoms with Crippen LogP contribution in [0.2, 0.25) is 0 Å². The molecule has 4 aromatic rings. The first kappa shape index (κ1) is 41.6. The van der Waals surface area contributed by atoms with Gasteiger partial charge in [-0.15, -0.1) is 0 Å². The van der Waals surface area contributed by atoms with Gasteiger partial charge in [-0.05, 0) is 97.8 Å². The Balaban J connectivity index is 0.747. The number of amides is 3. The van der Waals surface area contributed by atoms with E-state index >= 15 is 4.39 Å². The molecule has 9 rings (SSSR count). The minimum atomic E-state index is -0.853. The number of piperidine rings is 2. The lowest BCUT2D eigenvalue weighted by Crippen LogP contribution is -2.74. The molecule has 5 aliphatic rings. The zero-order valence-electron chi connectivity index (χ0n) is 35.9. The Bertz CT molecular complexity index is 2440. The summed E-state index contributed by atoms with van der Waals surface area (Å²) in [4.78, 5) is 52.4. The maximum atomic E-state index is 15.8. The lowest BCUT2D eigenvalue weighted by atomic mass is 9.49. The number of aliphatic hydroxyl groups excluding tert-OH is 1. The van der Waals surface area contributed by atoms with Crippen molar-refractivity contribution in [1.82, 2.24) is 25.4 Å². The van der Waals surface area contributed by atoms with Crippen LogP contribution < -0.4 is 25.2 Å². The number of ether oxygens (including phenoxy) is 1. The van der Waals surface area contributed by atoms with Gasteiger partial charge >= 0.3 is 0 Å². The summed E-state index contributed by atoms with van der Waals surface area (Å²) < 4.78 is 22.4. The molecule has 2 atom stereocenters. The van der Waals surface area contributed by atoms with Gasteiger partial charge in [0, 0.05) is 97.6 Å². The normalized spacial score (nSPS) is 24.9. The number of pyridine rings is 1. The molecule has 0 spiro atoms. The van der Waals surface area contributed by atoms with Crippen LogP contribution in [0.1, 0.15) is 85.2 Å². The van der Waals surface area contributed by atoms with Crippen molar-refractivity contribution in [1.29, 1.82) is 5.26 Å². The van der Waals surface area contributed by atoms with E-state index < -0.39 is 28.9 Å². The summed E-state index contributed by atoms with van der Waals surface area (Å²) in [5, 5.41) is 25.9. The second kappa shape index (κ2) is 16.2. The van der Waals surface area contributed by atoms with Crippen LogP contribution in [0.4, 0.5) is 15.8 Å². The second-order valence-electron chi connectivity index (χ2n) is 18.9. The summed E-state index contributed by atoms with van der Waals surface area (Å²) in [5.74, 6) is -0.00122. The second-order valence-corrected chi connectivity index (χ2v) is 18.9. The quantitative estimate of drug-likeness (QED) is 0.198. The van der Waals surface area contributed by atoms with E-state index in [-0.39, 0.29) is 35.4 Å². The van der Waals surface area contributed by atoms with E-state index in [1.54, 1.807) is 29.3 Å². The number of nitrogens with one attached hydrogen (secondary N) is 2. The Morgan fingerprint density at radius 1 is 0.952 bits per heavy atom. The molecule has 324 valence electrons. The molecule has 0 bridgehead atoms. The smallest absolute Gasteiger partial charge is 0.255 e. The van der Waals surface area contributed by atoms with Crippen molar-refractivity contribution in [2.45, 2.75) is 84.3 Å². The lowest BCUT2D eigenvalue weighted by molar-refractivity contribution is -0.163. The highest BCUT2D eigenvalue weighted by Crippen LogP contribution is 2.56. The molecule has 4 fully saturated rings. The van der Waals surface area contributed by atoms with E-state index in [9.17, 15) is 24.8 Å². The first-order valence-electron chi connectivity index (χ1n) is 21.9. The van der Waals surface area contributed by atoms with Crippen molar-refractivity contribution in [3.05, 3.63) is 94.9 Å². The molecular weight excluding hydrogens is 788 g/mol. The van der Waals surface area contributed by atoms with Gasteiger partial charge < -0.3 is 35.2 Å². The van der Waals surface area contributed by atoms with Gasteiger partial charge in [-0.1, -0.05) is 27.7 Å². The number of aliphatic hydroxyl groups is 1. The van der Waals surface area contributed by atoms with Gasteiger partial charge in [0.25, 0.3) is 11.8 Å². The third-order valence-corrected chi connectivity index (χ3v) is 14.3. The fraction of sp³-hybridized carbons (Fsp3) is 0.479. The zero-order chi connectivity index (χ0) is 43.5. The summed E-state index contributed by atoms with van der Waals surface area (Å²) in [6, 6.07) is 19.4. The number of anilines is 2. The Morgan fingerprint density at radius 3 is 2.42 bits per heavy atom. The van der Waals surface area contributed by atoms with Crippen molar-refractivity contribution in [2.24, 2.45) is 16.7 Å². The lowest BCUT2D eigenvalue weighted by Gasteiger charge is -2.63. The number of piperazine rings is 1. The number of halogens is 1. The van der Waals surface area contributed by atoms with E-state index in [0.717, 1.165) is 75.3 Å². The molecule has 4 aliphatic heterocycles. The van der Waals surface area contributed by atoms with Gasteiger partial charge in [0.1, 0.15) is 36.0 Å². The number of nitriles is 1. The van der Waals surface area contributed by atoms with E-state index in [2.05, 4.69) is 70.1 Å². The average Bonchev–Trinajstić information content (AvgIpc) is 3.59. The van der Waals surface area contributed by atoms with Crippen molar-refractivity contribution in [2.75, 3.05) is 55.6 Å². The summed E-state index contributed by atoms with van der Waals surface area (Å²) >= 11 is 0. The van der Waals surface area contributed by atoms with Crippen molar-refractivity contribution in [3.8, 4) is 11.8 Å². The number of aromatic nitrogens is 1. The number of rotatable bonds is 9. The Hall–Kier alpha value is -5.78. The third-order valence-electron chi connectivity index (χ3n) is 14.3. The molecule has 3 saturated heterocycles. The number of benzene rings is 3. The summed E-state index contributed by atoms with van der Waals surface area (Å²) in [6.07, 6.45) is 3.35. The molecule has 13 nitrogen and oxygen atoms in total. The van der Waals surface area contributed by atoms with Gasteiger partial charge in [0.2, 0.25) is 5.91 Å². The standard InChI is InChI=1S/C48H55FN8O5/c1-47(2)45(48(3,4)46(47)62-39-13-8-31(26-50)41-35(39)6-5-17-51-41)53-42(59)30-7-11-37(36(49)25-30)56-18-15-29(16-19-56)27-54-20-22-55(23-21-54)33-9-10-34-32(24-33)28-57(44(34)61)38-12-14-40(58)52-43(38)60/h5-11,13,17,24-25,29,38,40,45-46,58H,12,14-16,18-23,27-28H2,1-4H3,(H,52,60)(H,53,59)/t38?,40?,45-,46-. The highest BCUT2D eigenvalue weighted by Gasteiger charge is 2.64. The van der Waals surface area contributed by atoms with Gasteiger partial charge in [-0.3, -0.25) is 24.3 Å². The molecule has 62 heavy (non-hydrogen) atoms. The SMILES string of the molecule is CC1(C)[C@H](NC(=O)c2ccc(N3CCC(CN4CCN(c5ccc6c(c5)CN(C5CCC(O)NC5=O)C6=O)CC4)CC3)c(F)c2)C(C)(C)[C@H]1Oc1ccc(C#N)c2ncccc12. The minimum Gasteiger partial charge on any atom is -0.488 e. The van der Waals surface area contributed by atoms with Crippen molar-refractivity contribution < 1.29 is 28.6 Å². The third kappa shape index (κ3) is 7.49. The van der Waals surface area contributed by atoms with Crippen molar-refractivity contribution in [3.63, 3.8) is 0 Å². The maximum Gasteiger partial charge on any atom is 0.255 e. The van der Waals surface area contributed by atoms with Crippen molar-refractivity contribution >= 4 is 40.0 Å². The average molecular weight is 843 g/mol. The Morgan fingerprint density at radius 2 is 1.71 bits per heavy atom. The first-order chi connectivity index (χ1) is 29.7. The largest absolute Gasteiger partial charge is 0.488 e. The first-order valence-corrected chi connectivity index (χ1v) is 21.9. The minimum absolute atomic E-state index is 0.130. The van der Waals surface area contributed by atoms with Crippen LogP contribution in [0.5, 0.6) is 5.75 Å². The topological polar surface area (TPSA) is 154 Å². The van der Waals surface area contributed by atoms with Crippen LogP contribution in [0, 0.1) is 33.9 Å². The molecule has 3 N–H and O–H groups in total.